The van der Waals surface area contributed by atoms with E-state index in [4.69, 9.17) is 4.74 Å². The quantitative estimate of drug-likeness (QED) is 0.586. The molecule has 3 rings (SSSR count). The summed E-state index contributed by atoms with van der Waals surface area (Å²) < 4.78 is 4.99. The van der Waals surface area contributed by atoms with E-state index < -0.39 is 5.97 Å². The number of hydrogen-bond acceptors (Lipinski definition) is 5. The molecule has 0 bridgehead atoms. The number of carbonyl (C=O) groups is 3. The summed E-state index contributed by atoms with van der Waals surface area (Å²) in [4.78, 5) is 39.9. The number of hydrogen-bond donors (Lipinski definition) is 1. The van der Waals surface area contributed by atoms with Gasteiger partial charge >= 0.3 is 5.97 Å². The zero-order valence-corrected chi connectivity index (χ0v) is 17.4. The topological polar surface area (TPSA) is 79.0 Å². The van der Waals surface area contributed by atoms with Crippen LogP contribution in [0.15, 0.2) is 48.5 Å². The molecule has 0 saturated carbocycles. The Hall–Kier alpha value is -3.19. The number of amides is 2. The third-order valence-corrected chi connectivity index (χ3v) is 5.06. The Balaban J connectivity index is 1.49. The van der Waals surface area contributed by atoms with Crippen LogP contribution in [-0.2, 0) is 16.0 Å². The van der Waals surface area contributed by atoms with E-state index in [1.165, 1.54) is 6.92 Å². The van der Waals surface area contributed by atoms with Crippen molar-refractivity contribution in [3.63, 3.8) is 0 Å². The third-order valence-electron chi connectivity index (χ3n) is 5.06. The SMILES string of the molecule is CCc1ccccc1NC(=O)CN1CCN(C(=O)c2ccc(OC(C)=O)cc2)CC1. The lowest BCUT2D eigenvalue weighted by molar-refractivity contribution is -0.131. The molecule has 0 atom stereocenters. The highest BCUT2D eigenvalue weighted by molar-refractivity contribution is 5.95. The van der Waals surface area contributed by atoms with Gasteiger partial charge in [-0.1, -0.05) is 25.1 Å². The maximum Gasteiger partial charge on any atom is 0.308 e. The lowest BCUT2D eigenvalue weighted by atomic mass is 10.1. The molecular weight excluding hydrogens is 382 g/mol. The zero-order valence-electron chi connectivity index (χ0n) is 17.4. The molecule has 2 aromatic carbocycles. The van der Waals surface area contributed by atoms with E-state index in [1.54, 1.807) is 29.2 Å². The zero-order chi connectivity index (χ0) is 21.5. The Labute approximate surface area is 176 Å². The maximum atomic E-state index is 12.7. The summed E-state index contributed by atoms with van der Waals surface area (Å²) in [7, 11) is 0. The lowest BCUT2D eigenvalue weighted by Gasteiger charge is -2.34. The van der Waals surface area contributed by atoms with Gasteiger partial charge in [-0.2, -0.15) is 0 Å². The molecule has 1 fully saturated rings. The van der Waals surface area contributed by atoms with Crippen LogP contribution in [0.2, 0.25) is 0 Å². The normalized spacial score (nSPS) is 14.3. The Morgan fingerprint density at radius 3 is 2.27 bits per heavy atom. The largest absolute Gasteiger partial charge is 0.427 e. The second-order valence-electron chi connectivity index (χ2n) is 7.25. The van der Waals surface area contributed by atoms with Gasteiger partial charge in [0.05, 0.1) is 6.54 Å². The number of aryl methyl sites for hydroxylation is 1. The van der Waals surface area contributed by atoms with Gasteiger partial charge in [-0.25, -0.2) is 0 Å². The van der Waals surface area contributed by atoms with Crippen molar-refractivity contribution in [2.45, 2.75) is 20.3 Å². The van der Waals surface area contributed by atoms with Crippen LogP contribution in [0.1, 0.15) is 29.8 Å². The molecule has 0 unspecified atom stereocenters. The molecule has 0 aromatic heterocycles. The second kappa shape index (κ2) is 10.0. The van der Waals surface area contributed by atoms with Crippen LogP contribution in [0.5, 0.6) is 5.75 Å². The summed E-state index contributed by atoms with van der Waals surface area (Å²) in [5, 5.41) is 2.99. The number of benzene rings is 2. The number of anilines is 1. The Morgan fingerprint density at radius 1 is 0.967 bits per heavy atom. The minimum atomic E-state index is -0.396. The summed E-state index contributed by atoms with van der Waals surface area (Å²) in [6.45, 7) is 6.09. The van der Waals surface area contributed by atoms with Crippen LogP contribution >= 0.6 is 0 Å². The fourth-order valence-corrected chi connectivity index (χ4v) is 3.47. The second-order valence-corrected chi connectivity index (χ2v) is 7.25. The number of para-hydroxylation sites is 1. The molecule has 1 saturated heterocycles. The standard InChI is InChI=1S/C23H27N3O4/c1-3-18-6-4-5-7-21(18)24-22(28)16-25-12-14-26(15-13-25)23(29)19-8-10-20(11-9-19)30-17(2)27/h4-11H,3,12-16H2,1-2H3,(H,24,28). The van der Waals surface area contributed by atoms with Gasteiger partial charge in [0.25, 0.3) is 5.91 Å². The third kappa shape index (κ3) is 5.67. The van der Waals surface area contributed by atoms with Crippen LogP contribution in [0.4, 0.5) is 5.69 Å². The van der Waals surface area contributed by atoms with Crippen LogP contribution in [-0.4, -0.2) is 60.3 Å². The number of nitrogens with one attached hydrogen (secondary N) is 1. The van der Waals surface area contributed by atoms with Gasteiger partial charge < -0.3 is 15.0 Å². The first-order chi connectivity index (χ1) is 14.5. The highest BCUT2D eigenvalue weighted by Gasteiger charge is 2.23. The summed E-state index contributed by atoms with van der Waals surface area (Å²) in [6.07, 6.45) is 0.860. The fourth-order valence-electron chi connectivity index (χ4n) is 3.47. The number of carbonyl (C=O) groups excluding carboxylic acids is 3. The molecule has 30 heavy (non-hydrogen) atoms. The van der Waals surface area contributed by atoms with Crippen molar-refractivity contribution in [3.05, 3.63) is 59.7 Å². The van der Waals surface area contributed by atoms with Gasteiger partial charge in [-0.15, -0.1) is 0 Å². The minimum Gasteiger partial charge on any atom is -0.427 e. The number of esters is 1. The van der Waals surface area contributed by atoms with Crippen LogP contribution in [0.25, 0.3) is 0 Å². The number of rotatable bonds is 6. The molecule has 158 valence electrons. The molecule has 1 aliphatic heterocycles. The van der Waals surface area contributed by atoms with E-state index in [0.717, 1.165) is 17.7 Å². The first-order valence-corrected chi connectivity index (χ1v) is 10.1. The molecule has 0 spiro atoms. The maximum absolute atomic E-state index is 12.7. The summed E-state index contributed by atoms with van der Waals surface area (Å²) >= 11 is 0. The molecule has 0 aliphatic carbocycles. The van der Waals surface area contributed by atoms with Crippen molar-refractivity contribution in [2.75, 3.05) is 38.0 Å². The Morgan fingerprint density at radius 2 is 1.63 bits per heavy atom. The Bertz CT molecular complexity index is 903. The van der Waals surface area contributed by atoms with Crippen LogP contribution < -0.4 is 10.1 Å². The molecule has 1 N–H and O–H groups in total. The van der Waals surface area contributed by atoms with Crippen LogP contribution in [0, 0.1) is 0 Å². The van der Waals surface area contributed by atoms with E-state index in [0.29, 0.717) is 44.0 Å². The minimum absolute atomic E-state index is 0.0447. The van der Waals surface area contributed by atoms with E-state index in [2.05, 4.69) is 17.1 Å². The van der Waals surface area contributed by atoms with Crippen molar-refractivity contribution in [3.8, 4) is 5.75 Å². The molecule has 2 amide bonds. The van der Waals surface area contributed by atoms with E-state index in [-0.39, 0.29) is 11.8 Å². The predicted octanol–water partition coefficient (Wildman–Crippen LogP) is 2.57. The van der Waals surface area contributed by atoms with Gasteiger partial charge in [0.1, 0.15) is 5.75 Å². The molecule has 2 aromatic rings. The van der Waals surface area contributed by atoms with Crippen molar-refractivity contribution in [1.29, 1.82) is 0 Å². The predicted molar refractivity (Wildman–Crippen MR) is 115 cm³/mol. The van der Waals surface area contributed by atoms with Gasteiger partial charge in [0.2, 0.25) is 5.91 Å². The number of ether oxygens (including phenoxy) is 1. The van der Waals surface area contributed by atoms with Crippen molar-refractivity contribution < 1.29 is 19.1 Å². The van der Waals surface area contributed by atoms with Gasteiger partial charge in [0, 0.05) is 44.4 Å². The average Bonchev–Trinajstić information content (AvgIpc) is 2.74. The fraction of sp³-hybridized carbons (Fsp3) is 0.348. The number of piperazine rings is 1. The molecule has 0 radical (unpaired) electrons. The van der Waals surface area contributed by atoms with Gasteiger partial charge in [0.15, 0.2) is 0 Å². The smallest absolute Gasteiger partial charge is 0.308 e. The first kappa shape index (κ1) is 21.5. The van der Waals surface area contributed by atoms with Crippen LogP contribution in [0.3, 0.4) is 0 Å². The van der Waals surface area contributed by atoms with Gasteiger partial charge in [-0.3, -0.25) is 19.3 Å². The summed E-state index contributed by atoms with van der Waals surface area (Å²) in [5.41, 5.74) is 2.52. The van der Waals surface area contributed by atoms with Crippen molar-refractivity contribution >= 4 is 23.5 Å². The lowest BCUT2D eigenvalue weighted by Crippen LogP contribution is -2.50. The summed E-state index contributed by atoms with van der Waals surface area (Å²) in [5.74, 6) is -0.0889. The van der Waals surface area contributed by atoms with E-state index in [9.17, 15) is 14.4 Å². The number of nitrogens with zero attached hydrogens (tertiary/aromatic N) is 2. The Kier molecular flexibility index (Phi) is 7.19. The highest BCUT2D eigenvalue weighted by atomic mass is 16.5. The van der Waals surface area contributed by atoms with Gasteiger partial charge in [-0.05, 0) is 42.3 Å². The van der Waals surface area contributed by atoms with E-state index in [1.807, 2.05) is 24.3 Å². The van der Waals surface area contributed by atoms with Crippen molar-refractivity contribution in [2.24, 2.45) is 0 Å². The van der Waals surface area contributed by atoms with Crippen molar-refractivity contribution in [1.82, 2.24) is 9.80 Å². The molecule has 7 heteroatoms. The average molecular weight is 409 g/mol. The highest BCUT2D eigenvalue weighted by Crippen LogP contribution is 2.17. The van der Waals surface area contributed by atoms with E-state index >= 15 is 0 Å². The monoisotopic (exact) mass is 409 g/mol. The molecule has 1 aliphatic rings. The molecular formula is C23H27N3O4. The first-order valence-electron chi connectivity index (χ1n) is 10.1. The summed E-state index contributed by atoms with van der Waals surface area (Å²) in [6, 6.07) is 14.4. The molecule has 7 nitrogen and oxygen atoms in total. The molecule has 1 heterocycles.